The molecule has 0 atom stereocenters. The SMILES string of the molecule is O=C(COC(=O)CNC(=O)c1ccc(Cl)c(Cl)c1)NCc1cccs1. The second-order valence-electron chi connectivity index (χ2n) is 4.83. The average Bonchev–Trinajstić information content (AvgIpc) is 3.12. The van der Waals surface area contributed by atoms with Gasteiger partial charge in [-0.25, -0.2) is 0 Å². The highest BCUT2D eigenvalue weighted by Crippen LogP contribution is 2.22. The monoisotopic (exact) mass is 400 g/mol. The normalized spacial score (nSPS) is 10.2. The molecule has 1 heterocycles. The molecule has 2 amide bonds. The molecule has 2 rings (SSSR count). The van der Waals surface area contributed by atoms with Crippen molar-refractivity contribution >= 4 is 52.3 Å². The first-order valence-electron chi connectivity index (χ1n) is 7.13. The van der Waals surface area contributed by atoms with E-state index in [1.54, 1.807) is 0 Å². The van der Waals surface area contributed by atoms with Crippen LogP contribution in [0.2, 0.25) is 10.0 Å². The van der Waals surface area contributed by atoms with Gasteiger partial charge in [0, 0.05) is 10.4 Å². The first kappa shape index (κ1) is 19.2. The summed E-state index contributed by atoms with van der Waals surface area (Å²) < 4.78 is 4.79. The lowest BCUT2D eigenvalue weighted by atomic mass is 10.2. The molecular weight excluding hydrogens is 387 g/mol. The predicted molar refractivity (Wildman–Crippen MR) is 95.9 cm³/mol. The zero-order valence-corrected chi connectivity index (χ0v) is 15.2. The molecule has 0 saturated carbocycles. The fourth-order valence-electron chi connectivity index (χ4n) is 1.74. The average molecular weight is 401 g/mol. The molecule has 0 radical (unpaired) electrons. The molecule has 1 aromatic heterocycles. The number of thiophene rings is 1. The summed E-state index contributed by atoms with van der Waals surface area (Å²) in [7, 11) is 0. The van der Waals surface area contributed by atoms with Gasteiger partial charge in [0.25, 0.3) is 11.8 Å². The van der Waals surface area contributed by atoms with Crippen molar-refractivity contribution in [3.8, 4) is 0 Å². The Balaban J connectivity index is 1.68. The van der Waals surface area contributed by atoms with Crippen LogP contribution in [-0.2, 0) is 20.9 Å². The topological polar surface area (TPSA) is 84.5 Å². The number of nitrogens with one attached hydrogen (secondary N) is 2. The van der Waals surface area contributed by atoms with E-state index in [1.807, 2.05) is 17.5 Å². The highest BCUT2D eigenvalue weighted by atomic mass is 35.5. The molecule has 0 bridgehead atoms. The molecule has 25 heavy (non-hydrogen) atoms. The lowest BCUT2D eigenvalue weighted by Gasteiger charge is -2.07. The molecule has 0 aliphatic carbocycles. The summed E-state index contributed by atoms with van der Waals surface area (Å²) in [6.07, 6.45) is 0. The first-order valence-corrected chi connectivity index (χ1v) is 8.77. The lowest BCUT2D eigenvalue weighted by Crippen LogP contribution is -2.33. The molecule has 6 nitrogen and oxygen atoms in total. The third-order valence-corrected chi connectivity index (χ3v) is 4.59. The maximum Gasteiger partial charge on any atom is 0.325 e. The Bertz CT molecular complexity index is 766. The smallest absolute Gasteiger partial charge is 0.325 e. The van der Waals surface area contributed by atoms with Crippen LogP contribution in [-0.4, -0.2) is 30.9 Å². The van der Waals surface area contributed by atoms with Gasteiger partial charge in [-0.05, 0) is 29.6 Å². The van der Waals surface area contributed by atoms with E-state index in [0.29, 0.717) is 11.6 Å². The number of benzene rings is 1. The van der Waals surface area contributed by atoms with Crippen LogP contribution in [0.25, 0.3) is 0 Å². The Labute approximate surface area is 158 Å². The molecule has 2 aromatic rings. The van der Waals surface area contributed by atoms with Gasteiger partial charge in [0.05, 0.1) is 16.6 Å². The number of rotatable bonds is 7. The number of halogens is 2. The van der Waals surface area contributed by atoms with Gasteiger partial charge in [-0.15, -0.1) is 11.3 Å². The largest absolute Gasteiger partial charge is 0.454 e. The molecule has 0 spiro atoms. The van der Waals surface area contributed by atoms with Gasteiger partial charge in [-0.2, -0.15) is 0 Å². The summed E-state index contributed by atoms with van der Waals surface area (Å²) in [4.78, 5) is 36.0. The van der Waals surface area contributed by atoms with Gasteiger partial charge in [-0.1, -0.05) is 29.3 Å². The Morgan fingerprint density at radius 2 is 1.88 bits per heavy atom. The zero-order chi connectivity index (χ0) is 18.2. The van der Waals surface area contributed by atoms with Gasteiger partial charge >= 0.3 is 5.97 Å². The van der Waals surface area contributed by atoms with E-state index in [9.17, 15) is 14.4 Å². The third-order valence-electron chi connectivity index (χ3n) is 2.98. The van der Waals surface area contributed by atoms with Gasteiger partial charge in [0.2, 0.25) is 0 Å². The van der Waals surface area contributed by atoms with Crippen molar-refractivity contribution in [3.05, 3.63) is 56.2 Å². The highest BCUT2D eigenvalue weighted by molar-refractivity contribution is 7.09. The van der Waals surface area contributed by atoms with E-state index in [2.05, 4.69) is 10.6 Å². The number of carbonyl (C=O) groups excluding carboxylic acids is 3. The van der Waals surface area contributed by atoms with Gasteiger partial charge < -0.3 is 15.4 Å². The van der Waals surface area contributed by atoms with Crippen LogP contribution in [0.15, 0.2) is 35.7 Å². The van der Waals surface area contributed by atoms with Crippen LogP contribution in [0.5, 0.6) is 0 Å². The minimum absolute atomic E-state index is 0.235. The molecular formula is C16H14Cl2N2O4S. The van der Waals surface area contributed by atoms with E-state index in [1.165, 1.54) is 29.5 Å². The zero-order valence-electron chi connectivity index (χ0n) is 12.9. The van der Waals surface area contributed by atoms with E-state index in [0.717, 1.165) is 4.88 Å². The maximum atomic E-state index is 11.9. The Kier molecular flexibility index (Phi) is 7.24. The van der Waals surface area contributed by atoms with Crippen molar-refractivity contribution in [1.82, 2.24) is 10.6 Å². The van der Waals surface area contributed by atoms with Crippen LogP contribution in [0, 0.1) is 0 Å². The fraction of sp³-hybridized carbons (Fsp3) is 0.188. The van der Waals surface area contributed by atoms with Crippen LogP contribution >= 0.6 is 34.5 Å². The summed E-state index contributed by atoms with van der Waals surface area (Å²) in [5.74, 6) is -1.64. The molecule has 2 N–H and O–H groups in total. The summed E-state index contributed by atoms with van der Waals surface area (Å²) in [5.41, 5.74) is 0.260. The summed E-state index contributed by atoms with van der Waals surface area (Å²) in [6.45, 7) is -0.397. The maximum absolute atomic E-state index is 11.9. The van der Waals surface area contributed by atoms with E-state index in [-0.39, 0.29) is 17.1 Å². The van der Waals surface area contributed by atoms with Crippen LogP contribution in [0.1, 0.15) is 15.2 Å². The summed E-state index contributed by atoms with van der Waals surface area (Å²) >= 11 is 13.1. The van der Waals surface area contributed by atoms with E-state index < -0.39 is 24.4 Å². The molecule has 0 aliphatic rings. The van der Waals surface area contributed by atoms with Crippen molar-refractivity contribution in [1.29, 1.82) is 0 Å². The predicted octanol–water partition coefficient (Wildman–Crippen LogP) is 2.64. The standard InChI is InChI=1S/C16H14Cl2N2O4S/c17-12-4-3-10(6-13(12)18)16(23)20-8-15(22)24-9-14(21)19-7-11-2-1-5-25-11/h1-6H,7-9H2,(H,19,21)(H,20,23). The van der Waals surface area contributed by atoms with Crippen molar-refractivity contribution in [3.63, 3.8) is 0 Å². The third kappa shape index (κ3) is 6.38. The second kappa shape index (κ2) is 9.41. The van der Waals surface area contributed by atoms with Gasteiger partial charge in [-0.3, -0.25) is 14.4 Å². The van der Waals surface area contributed by atoms with E-state index in [4.69, 9.17) is 27.9 Å². The molecule has 1 aromatic carbocycles. The van der Waals surface area contributed by atoms with Crippen LogP contribution < -0.4 is 10.6 Å². The fourth-order valence-corrected chi connectivity index (χ4v) is 2.68. The number of hydrogen-bond donors (Lipinski definition) is 2. The van der Waals surface area contributed by atoms with Crippen molar-refractivity contribution < 1.29 is 19.1 Å². The lowest BCUT2D eigenvalue weighted by molar-refractivity contribution is -0.147. The highest BCUT2D eigenvalue weighted by Gasteiger charge is 2.12. The van der Waals surface area contributed by atoms with Crippen molar-refractivity contribution in [2.45, 2.75) is 6.54 Å². The number of hydrogen-bond acceptors (Lipinski definition) is 5. The molecule has 0 saturated heterocycles. The Morgan fingerprint density at radius 1 is 1.08 bits per heavy atom. The number of amides is 2. The van der Waals surface area contributed by atoms with Gasteiger partial charge in [0.15, 0.2) is 6.61 Å². The van der Waals surface area contributed by atoms with Crippen LogP contribution in [0.4, 0.5) is 0 Å². The van der Waals surface area contributed by atoms with E-state index >= 15 is 0 Å². The Morgan fingerprint density at radius 3 is 2.56 bits per heavy atom. The second-order valence-corrected chi connectivity index (χ2v) is 6.67. The minimum Gasteiger partial charge on any atom is -0.454 e. The summed E-state index contributed by atoms with van der Waals surface area (Å²) in [6, 6.07) is 8.11. The van der Waals surface area contributed by atoms with Crippen LogP contribution in [0.3, 0.4) is 0 Å². The molecule has 0 fully saturated rings. The Hall–Kier alpha value is -2.09. The minimum atomic E-state index is -0.723. The van der Waals surface area contributed by atoms with Crippen molar-refractivity contribution in [2.75, 3.05) is 13.2 Å². The molecule has 132 valence electrons. The van der Waals surface area contributed by atoms with Gasteiger partial charge in [0.1, 0.15) is 6.54 Å². The number of carbonyl (C=O) groups is 3. The number of esters is 1. The number of ether oxygens (including phenoxy) is 1. The molecule has 0 unspecified atom stereocenters. The van der Waals surface area contributed by atoms with Crippen molar-refractivity contribution in [2.24, 2.45) is 0 Å². The summed E-state index contributed by atoms with van der Waals surface area (Å²) in [5, 5.41) is 7.46. The first-order chi connectivity index (χ1) is 12.0. The molecule has 0 aliphatic heterocycles. The quantitative estimate of drug-likeness (QED) is 0.699. The molecule has 9 heteroatoms.